The Balaban J connectivity index is 3.29. The molecule has 0 heterocycles. The lowest BCUT2D eigenvalue weighted by atomic mass is 10.1. The highest BCUT2D eigenvalue weighted by atomic mass is 31.2. The van der Waals surface area contributed by atoms with Gasteiger partial charge in [-0.25, -0.2) is 4.57 Å². The van der Waals surface area contributed by atoms with E-state index in [1.165, 1.54) is 83.5 Å². The van der Waals surface area contributed by atoms with E-state index < -0.39 is 26.4 Å². The topological polar surface area (TPSA) is 128 Å². The molecule has 0 bridgehead atoms. The van der Waals surface area contributed by atoms with Crippen LogP contribution in [0.5, 0.6) is 0 Å². The first kappa shape index (κ1) is 34.2. The van der Waals surface area contributed by atoms with Crippen LogP contribution in [-0.4, -0.2) is 48.4 Å². The average Bonchev–Trinajstić information content (AvgIpc) is 2.83. The van der Waals surface area contributed by atoms with Crippen molar-refractivity contribution < 1.29 is 33.1 Å². The number of carboxylic acids is 1. The fourth-order valence-corrected chi connectivity index (χ4v) is 4.28. The van der Waals surface area contributed by atoms with Gasteiger partial charge in [-0.2, -0.15) is 0 Å². The molecule has 0 amide bonds. The van der Waals surface area contributed by atoms with Crippen molar-refractivity contribution in [2.45, 2.75) is 122 Å². The number of carbonyl (C=O) groups is 1. The van der Waals surface area contributed by atoms with Gasteiger partial charge in [0.2, 0.25) is 0 Å². The first-order valence-electron chi connectivity index (χ1n) is 13.7. The number of aliphatic carboxylic acids is 1. The number of phosphoric acid groups is 1. The number of phosphoric ester groups is 1. The van der Waals surface area contributed by atoms with E-state index in [-0.39, 0.29) is 6.61 Å². The van der Waals surface area contributed by atoms with Gasteiger partial charge in [-0.3, -0.25) is 13.8 Å². The summed E-state index contributed by atoms with van der Waals surface area (Å²) in [5, 5.41) is 8.61. The predicted molar refractivity (Wildman–Crippen MR) is 141 cm³/mol. The van der Waals surface area contributed by atoms with Crippen molar-refractivity contribution in [2.75, 3.05) is 26.4 Å². The summed E-state index contributed by atoms with van der Waals surface area (Å²) in [6, 6.07) is -1.36. The van der Waals surface area contributed by atoms with Gasteiger partial charge in [-0.15, -0.1) is 0 Å². The number of hydrogen-bond donors (Lipinski definition) is 3. The molecule has 0 aliphatic rings. The zero-order valence-corrected chi connectivity index (χ0v) is 22.9. The number of allylic oxidation sites excluding steroid dienone is 2. The summed E-state index contributed by atoms with van der Waals surface area (Å²) in [4.78, 5) is 20.0. The minimum Gasteiger partial charge on any atom is -0.480 e. The van der Waals surface area contributed by atoms with Crippen molar-refractivity contribution in [2.24, 2.45) is 5.73 Å². The highest BCUT2D eigenvalue weighted by Gasteiger charge is 2.24. The average molecular weight is 522 g/mol. The third-order valence-corrected chi connectivity index (χ3v) is 6.71. The Morgan fingerprint density at radius 1 is 0.771 bits per heavy atom. The molecule has 0 spiro atoms. The van der Waals surface area contributed by atoms with Crippen LogP contribution < -0.4 is 5.73 Å². The lowest BCUT2D eigenvalue weighted by Gasteiger charge is -2.13. The van der Waals surface area contributed by atoms with Crippen molar-refractivity contribution in [3.8, 4) is 0 Å². The molecule has 0 fully saturated rings. The van der Waals surface area contributed by atoms with Crippen molar-refractivity contribution >= 4 is 13.8 Å². The molecule has 8 nitrogen and oxygen atoms in total. The molecule has 0 radical (unpaired) electrons. The fourth-order valence-electron chi connectivity index (χ4n) is 3.50. The van der Waals surface area contributed by atoms with Crippen molar-refractivity contribution in [3.63, 3.8) is 0 Å². The minimum absolute atomic E-state index is 0.0605. The summed E-state index contributed by atoms with van der Waals surface area (Å²) in [5.41, 5.74) is 5.21. The van der Waals surface area contributed by atoms with Gasteiger partial charge in [0.15, 0.2) is 0 Å². The number of rotatable bonds is 27. The summed E-state index contributed by atoms with van der Waals surface area (Å²) < 4.78 is 26.6. The summed E-state index contributed by atoms with van der Waals surface area (Å²) >= 11 is 0. The van der Waals surface area contributed by atoms with Crippen LogP contribution in [0.2, 0.25) is 0 Å². The zero-order chi connectivity index (χ0) is 26.0. The molecule has 0 aromatic heterocycles. The molecule has 0 aromatic carbocycles. The van der Waals surface area contributed by atoms with Crippen LogP contribution in [-0.2, 0) is 23.1 Å². The normalized spacial score (nSPS) is 14.4. The Morgan fingerprint density at radius 3 is 1.77 bits per heavy atom. The highest BCUT2D eigenvalue weighted by Crippen LogP contribution is 2.43. The maximum atomic E-state index is 11.6. The van der Waals surface area contributed by atoms with Crippen molar-refractivity contribution in [3.05, 3.63) is 12.2 Å². The van der Waals surface area contributed by atoms with Gasteiger partial charge in [-0.05, 0) is 51.4 Å². The van der Waals surface area contributed by atoms with Gasteiger partial charge in [0, 0.05) is 13.2 Å². The number of unbranched alkanes of at least 4 members (excludes halogenated alkanes) is 14. The van der Waals surface area contributed by atoms with Gasteiger partial charge >= 0.3 is 13.8 Å². The molecule has 2 atom stereocenters. The fraction of sp³-hybridized carbons (Fsp3) is 0.885. The van der Waals surface area contributed by atoms with Gasteiger partial charge in [0.05, 0.1) is 13.2 Å². The maximum Gasteiger partial charge on any atom is 0.472 e. The molecule has 208 valence electrons. The van der Waals surface area contributed by atoms with Gasteiger partial charge < -0.3 is 20.5 Å². The second-order valence-corrected chi connectivity index (χ2v) is 10.6. The Labute approximate surface area is 213 Å². The third kappa shape index (κ3) is 26.1. The van der Waals surface area contributed by atoms with E-state index in [1.807, 2.05) is 0 Å². The number of nitrogens with two attached hydrogens (primary N) is 1. The molecule has 4 N–H and O–H groups in total. The molecule has 1 unspecified atom stereocenters. The maximum absolute atomic E-state index is 11.6. The van der Waals surface area contributed by atoms with Crippen LogP contribution in [0, 0.1) is 0 Å². The molecule has 0 aliphatic heterocycles. The monoisotopic (exact) mass is 521 g/mol. The summed E-state index contributed by atoms with van der Waals surface area (Å²) in [5.74, 6) is -1.30. The molecule has 35 heavy (non-hydrogen) atoms. The zero-order valence-electron chi connectivity index (χ0n) is 22.0. The standard InChI is InChI=1S/C26H52NO7P/c1-2-3-4-5-6-7-8-9-10-11-12-13-14-15-16-18-21-32-22-19-17-20-23-33-35(30,31)34-24-25(27)26(28)29/h9-10,25H,2-8,11-24,27H2,1H3,(H,28,29)(H,30,31)/b10-9-/t25-/m0/s1. The van der Waals surface area contributed by atoms with Crippen LogP contribution in [0.3, 0.4) is 0 Å². The quantitative estimate of drug-likeness (QED) is 0.0614. The van der Waals surface area contributed by atoms with Crippen LogP contribution in [0.25, 0.3) is 0 Å². The Hall–Kier alpha value is -0.760. The van der Waals surface area contributed by atoms with Crippen molar-refractivity contribution in [1.29, 1.82) is 0 Å². The van der Waals surface area contributed by atoms with Crippen LogP contribution in [0.4, 0.5) is 0 Å². The molecular formula is C26H52NO7P. The smallest absolute Gasteiger partial charge is 0.472 e. The van der Waals surface area contributed by atoms with Gasteiger partial charge in [0.1, 0.15) is 6.04 Å². The highest BCUT2D eigenvalue weighted by molar-refractivity contribution is 7.47. The van der Waals surface area contributed by atoms with E-state index in [0.29, 0.717) is 13.0 Å². The number of hydrogen-bond acceptors (Lipinski definition) is 6. The second-order valence-electron chi connectivity index (χ2n) is 9.15. The van der Waals surface area contributed by atoms with E-state index in [1.54, 1.807) is 0 Å². The number of carboxylic acid groups (broad SMARTS) is 1. The predicted octanol–water partition coefficient (Wildman–Crippen LogP) is 6.76. The molecule has 0 saturated heterocycles. The lowest BCUT2D eigenvalue weighted by Crippen LogP contribution is -2.34. The molecule has 0 saturated carbocycles. The SMILES string of the molecule is CCCCCCCC/C=C\CCCCCCCCOCCCCCOP(=O)(O)OC[C@H](N)C(=O)O. The largest absolute Gasteiger partial charge is 0.480 e. The minimum atomic E-state index is -4.26. The molecule has 0 aromatic rings. The van der Waals surface area contributed by atoms with Crippen LogP contribution in [0.15, 0.2) is 12.2 Å². The second kappa shape index (κ2) is 24.9. The van der Waals surface area contributed by atoms with E-state index in [9.17, 15) is 14.3 Å². The molecule has 0 aliphatic carbocycles. The lowest BCUT2D eigenvalue weighted by molar-refractivity contribution is -0.139. The Bertz CT molecular complexity index is 560. The first-order chi connectivity index (χ1) is 16.9. The summed E-state index contributed by atoms with van der Waals surface area (Å²) in [7, 11) is -4.26. The van der Waals surface area contributed by atoms with E-state index in [4.69, 9.17) is 20.1 Å². The van der Waals surface area contributed by atoms with Crippen LogP contribution in [0.1, 0.15) is 116 Å². The van der Waals surface area contributed by atoms with E-state index in [2.05, 4.69) is 23.6 Å². The Morgan fingerprint density at radius 2 is 1.23 bits per heavy atom. The van der Waals surface area contributed by atoms with Gasteiger partial charge in [0.25, 0.3) is 0 Å². The first-order valence-corrected chi connectivity index (χ1v) is 15.2. The van der Waals surface area contributed by atoms with E-state index >= 15 is 0 Å². The van der Waals surface area contributed by atoms with E-state index in [0.717, 1.165) is 25.9 Å². The Kier molecular flexibility index (Phi) is 24.4. The van der Waals surface area contributed by atoms with Crippen molar-refractivity contribution in [1.82, 2.24) is 0 Å². The summed E-state index contributed by atoms with van der Waals surface area (Å²) in [6.07, 6.45) is 25.1. The molecule has 0 rings (SSSR count). The third-order valence-electron chi connectivity index (χ3n) is 5.72. The number of ether oxygens (including phenoxy) is 1. The van der Waals surface area contributed by atoms with Gasteiger partial charge in [-0.1, -0.05) is 76.9 Å². The summed E-state index contributed by atoms with van der Waals surface area (Å²) in [6.45, 7) is 3.20. The molecular weight excluding hydrogens is 469 g/mol. The van der Waals surface area contributed by atoms with Crippen LogP contribution >= 0.6 is 7.82 Å². The molecule has 9 heteroatoms.